The highest BCUT2D eigenvalue weighted by Crippen LogP contribution is 2.27. The van der Waals surface area contributed by atoms with E-state index in [4.69, 9.17) is 0 Å². The molecule has 0 unspecified atom stereocenters. The van der Waals surface area contributed by atoms with Crippen LogP contribution in [-0.2, 0) is 0 Å². The van der Waals surface area contributed by atoms with Crippen LogP contribution >= 0.6 is 31.9 Å². The number of alkyl halides is 1. The van der Waals surface area contributed by atoms with Crippen LogP contribution in [-0.4, -0.2) is 28.7 Å². The summed E-state index contributed by atoms with van der Waals surface area (Å²) in [7, 11) is 0. The van der Waals surface area contributed by atoms with Crippen molar-refractivity contribution in [1.29, 1.82) is 0 Å². The van der Waals surface area contributed by atoms with Crippen LogP contribution in [0.4, 0.5) is 0 Å². The highest BCUT2D eigenvalue weighted by atomic mass is 79.9. The number of rotatable bonds is 5. The van der Waals surface area contributed by atoms with Gasteiger partial charge in [0.15, 0.2) is 0 Å². The van der Waals surface area contributed by atoms with Gasteiger partial charge < -0.3 is 4.90 Å². The lowest BCUT2D eigenvalue weighted by atomic mass is 9.91. The maximum absolute atomic E-state index is 12.5. The van der Waals surface area contributed by atoms with Crippen LogP contribution in [0.1, 0.15) is 36.0 Å². The maximum atomic E-state index is 12.5. The van der Waals surface area contributed by atoms with Crippen molar-refractivity contribution >= 4 is 37.8 Å². The van der Waals surface area contributed by atoms with E-state index in [0.29, 0.717) is 6.04 Å². The fourth-order valence-corrected chi connectivity index (χ4v) is 2.82. The first kappa shape index (κ1) is 14.1. The Kier molecular flexibility index (Phi) is 5.25. The fourth-order valence-electron chi connectivity index (χ4n) is 2.17. The number of nitrogens with zero attached hydrogens (tertiary/aromatic N) is 1. The molecule has 1 aromatic rings. The topological polar surface area (TPSA) is 20.3 Å². The van der Waals surface area contributed by atoms with E-state index in [0.717, 1.165) is 41.2 Å². The molecule has 0 heterocycles. The number of amides is 1. The third kappa shape index (κ3) is 3.35. The van der Waals surface area contributed by atoms with Gasteiger partial charge in [-0.1, -0.05) is 37.9 Å². The second-order valence-corrected chi connectivity index (χ2v) is 6.34. The molecule has 1 fully saturated rings. The molecular weight excluding hydrogens is 358 g/mol. The molecule has 0 bridgehead atoms. The third-order valence-corrected chi connectivity index (χ3v) is 4.43. The molecule has 0 N–H and O–H groups in total. The Balaban J connectivity index is 2.11. The Morgan fingerprint density at radius 1 is 1.39 bits per heavy atom. The van der Waals surface area contributed by atoms with Crippen molar-refractivity contribution in [1.82, 2.24) is 4.90 Å². The van der Waals surface area contributed by atoms with E-state index >= 15 is 0 Å². The lowest BCUT2D eigenvalue weighted by Crippen LogP contribution is -2.44. The van der Waals surface area contributed by atoms with Crippen LogP contribution in [0.2, 0.25) is 0 Å². The lowest BCUT2D eigenvalue weighted by Gasteiger charge is -2.37. The summed E-state index contributed by atoms with van der Waals surface area (Å²) in [6, 6.07) is 8.12. The summed E-state index contributed by atoms with van der Waals surface area (Å²) in [5.74, 6) is 0.168. The molecule has 98 valence electrons. The first-order valence-corrected chi connectivity index (χ1v) is 8.26. The minimum absolute atomic E-state index is 0.168. The zero-order chi connectivity index (χ0) is 13.0. The van der Waals surface area contributed by atoms with Gasteiger partial charge in [0.1, 0.15) is 0 Å². The Hall–Kier alpha value is -0.350. The van der Waals surface area contributed by atoms with Gasteiger partial charge in [-0.15, -0.1) is 0 Å². The SMILES string of the molecule is O=C(c1cccc(Br)c1)N(CCCBr)C1CCC1. The lowest BCUT2D eigenvalue weighted by molar-refractivity contribution is 0.0581. The number of carbonyl (C=O) groups is 1. The molecule has 0 saturated heterocycles. The Morgan fingerprint density at radius 3 is 2.72 bits per heavy atom. The van der Waals surface area contributed by atoms with Gasteiger partial charge in [-0.3, -0.25) is 4.79 Å². The predicted molar refractivity (Wildman–Crippen MR) is 81.2 cm³/mol. The quantitative estimate of drug-likeness (QED) is 0.706. The van der Waals surface area contributed by atoms with Crippen LogP contribution in [0.15, 0.2) is 28.7 Å². The molecule has 1 aliphatic rings. The zero-order valence-electron chi connectivity index (χ0n) is 10.2. The van der Waals surface area contributed by atoms with E-state index in [9.17, 15) is 4.79 Å². The monoisotopic (exact) mass is 373 g/mol. The minimum atomic E-state index is 0.168. The van der Waals surface area contributed by atoms with Gasteiger partial charge >= 0.3 is 0 Å². The first-order valence-electron chi connectivity index (χ1n) is 6.35. The van der Waals surface area contributed by atoms with Crippen LogP contribution < -0.4 is 0 Å². The van der Waals surface area contributed by atoms with E-state index in [1.807, 2.05) is 29.2 Å². The van der Waals surface area contributed by atoms with Gasteiger partial charge in [-0.2, -0.15) is 0 Å². The molecule has 2 rings (SSSR count). The molecule has 18 heavy (non-hydrogen) atoms. The molecule has 0 radical (unpaired) electrons. The van der Waals surface area contributed by atoms with E-state index in [2.05, 4.69) is 31.9 Å². The van der Waals surface area contributed by atoms with Gasteiger partial charge in [0.2, 0.25) is 0 Å². The highest BCUT2D eigenvalue weighted by Gasteiger charge is 2.28. The van der Waals surface area contributed by atoms with Gasteiger partial charge in [-0.25, -0.2) is 0 Å². The van der Waals surface area contributed by atoms with Crippen LogP contribution in [0.3, 0.4) is 0 Å². The highest BCUT2D eigenvalue weighted by molar-refractivity contribution is 9.10. The molecule has 0 aliphatic heterocycles. The summed E-state index contributed by atoms with van der Waals surface area (Å²) in [5.41, 5.74) is 0.783. The number of halogens is 2. The van der Waals surface area contributed by atoms with Crippen LogP contribution in [0, 0.1) is 0 Å². The number of hydrogen-bond acceptors (Lipinski definition) is 1. The van der Waals surface area contributed by atoms with Crippen molar-refractivity contribution in [2.24, 2.45) is 0 Å². The second kappa shape index (κ2) is 6.71. The molecule has 0 spiro atoms. The van der Waals surface area contributed by atoms with Crippen molar-refractivity contribution in [3.63, 3.8) is 0 Å². The molecule has 2 nitrogen and oxygen atoms in total. The smallest absolute Gasteiger partial charge is 0.254 e. The molecule has 1 aromatic carbocycles. The Morgan fingerprint density at radius 2 is 2.17 bits per heavy atom. The molecule has 4 heteroatoms. The largest absolute Gasteiger partial charge is 0.336 e. The van der Waals surface area contributed by atoms with Crippen molar-refractivity contribution in [2.45, 2.75) is 31.7 Å². The van der Waals surface area contributed by atoms with E-state index < -0.39 is 0 Å². The van der Waals surface area contributed by atoms with Crippen molar-refractivity contribution in [3.05, 3.63) is 34.3 Å². The summed E-state index contributed by atoms with van der Waals surface area (Å²) in [6.07, 6.45) is 4.57. The van der Waals surface area contributed by atoms with E-state index in [1.165, 1.54) is 6.42 Å². The first-order chi connectivity index (χ1) is 8.72. The summed E-state index contributed by atoms with van der Waals surface area (Å²) in [4.78, 5) is 14.6. The van der Waals surface area contributed by atoms with Gasteiger partial charge in [0.05, 0.1) is 0 Å². The predicted octanol–water partition coefficient (Wildman–Crippen LogP) is 4.23. The number of carbonyl (C=O) groups excluding carboxylic acids is 1. The molecule has 1 saturated carbocycles. The minimum Gasteiger partial charge on any atom is -0.336 e. The van der Waals surface area contributed by atoms with Gasteiger partial charge in [-0.05, 0) is 43.9 Å². The van der Waals surface area contributed by atoms with Gasteiger partial charge in [0.25, 0.3) is 5.91 Å². The molecular formula is C14H17Br2NO. The second-order valence-electron chi connectivity index (χ2n) is 4.64. The zero-order valence-corrected chi connectivity index (χ0v) is 13.4. The summed E-state index contributed by atoms with van der Waals surface area (Å²) in [5, 5.41) is 0.946. The van der Waals surface area contributed by atoms with E-state index in [1.54, 1.807) is 0 Å². The normalized spacial score (nSPS) is 15.2. The average molecular weight is 375 g/mol. The fraction of sp³-hybridized carbons (Fsp3) is 0.500. The van der Waals surface area contributed by atoms with Crippen molar-refractivity contribution < 1.29 is 4.79 Å². The van der Waals surface area contributed by atoms with Gasteiger partial charge in [0, 0.05) is 28.0 Å². The molecule has 1 amide bonds. The number of hydrogen-bond donors (Lipinski definition) is 0. The third-order valence-electron chi connectivity index (χ3n) is 3.38. The van der Waals surface area contributed by atoms with Crippen molar-refractivity contribution in [3.8, 4) is 0 Å². The standard InChI is InChI=1S/C14H17Br2NO/c15-8-3-9-17(13-6-2-7-13)14(18)11-4-1-5-12(16)10-11/h1,4-5,10,13H,2-3,6-9H2. The van der Waals surface area contributed by atoms with Crippen LogP contribution in [0.5, 0.6) is 0 Å². The molecule has 0 aromatic heterocycles. The summed E-state index contributed by atoms with van der Waals surface area (Å²) >= 11 is 6.86. The Labute approximate surface area is 125 Å². The summed E-state index contributed by atoms with van der Waals surface area (Å²) < 4.78 is 0.961. The van der Waals surface area contributed by atoms with Crippen molar-refractivity contribution in [2.75, 3.05) is 11.9 Å². The number of benzene rings is 1. The van der Waals surface area contributed by atoms with Crippen LogP contribution in [0.25, 0.3) is 0 Å². The molecule has 0 atom stereocenters. The molecule has 1 aliphatic carbocycles. The summed E-state index contributed by atoms with van der Waals surface area (Å²) in [6.45, 7) is 0.848. The maximum Gasteiger partial charge on any atom is 0.254 e. The Bertz CT molecular complexity index is 418. The average Bonchev–Trinajstić information content (AvgIpc) is 2.31. The van der Waals surface area contributed by atoms with E-state index in [-0.39, 0.29) is 5.91 Å².